The summed E-state index contributed by atoms with van der Waals surface area (Å²) in [5.41, 5.74) is 1.78. The van der Waals surface area contributed by atoms with E-state index in [4.69, 9.17) is 9.47 Å². The number of benzene rings is 1. The van der Waals surface area contributed by atoms with Gasteiger partial charge in [0.1, 0.15) is 12.1 Å². The van der Waals surface area contributed by atoms with Gasteiger partial charge in [-0.15, -0.1) is 0 Å². The van der Waals surface area contributed by atoms with Crippen LogP contribution in [0.15, 0.2) is 23.6 Å². The topological polar surface area (TPSA) is 80.2 Å². The number of hydrogen-bond acceptors (Lipinski definition) is 7. The van der Waals surface area contributed by atoms with E-state index in [1.54, 1.807) is 25.6 Å². The Labute approximate surface area is 183 Å². The molecule has 0 bridgehead atoms. The van der Waals surface area contributed by atoms with E-state index in [1.165, 1.54) is 0 Å². The Morgan fingerprint density at radius 2 is 1.81 bits per heavy atom. The van der Waals surface area contributed by atoms with Crippen molar-refractivity contribution in [2.45, 2.75) is 52.0 Å². The second-order valence-corrected chi connectivity index (χ2v) is 8.26. The highest BCUT2D eigenvalue weighted by Gasteiger charge is 2.38. The van der Waals surface area contributed by atoms with Crippen molar-refractivity contribution in [1.29, 1.82) is 0 Å². The maximum atomic E-state index is 12.9. The molecule has 1 aromatic carbocycles. The molecule has 1 saturated heterocycles. The van der Waals surface area contributed by atoms with Crippen molar-refractivity contribution in [3.8, 4) is 11.5 Å². The highest BCUT2D eigenvalue weighted by molar-refractivity contribution is 6.07. The normalized spacial score (nSPS) is 19.8. The lowest BCUT2D eigenvalue weighted by atomic mass is 9.96. The minimum Gasteiger partial charge on any atom is -0.493 e. The van der Waals surface area contributed by atoms with Crippen molar-refractivity contribution in [3.05, 3.63) is 18.5 Å². The van der Waals surface area contributed by atoms with Gasteiger partial charge in [-0.25, -0.2) is 15.0 Å². The lowest BCUT2D eigenvalue weighted by Crippen LogP contribution is -2.45. The van der Waals surface area contributed by atoms with Crippen LogP contribution >= 0.6 is 0 Å². The van der Waals surface area contributed by atoms with E-state index < -0.39 is 0 Å². The Hall–Kier alpha value is -2.90. The molecule has 3 heterocycles. The van der Waals surface area contributed by atoms with E-state index in [0.717, 1.165) is 67.6 Å². The highest BCUT2D eigenvalue weighted by Crippen LogP contribution is 2.36. The van der Waals surface area contributed by atoms with Gasteiger partial charge in [-0.3, -0.25) is 4.79 Å². The molecule has 2 aliphatic rings. The van der Waals surface area contributed by atoms with Crippen LogP contribution in [-0.4, -0.2) is 59.9 Å². The first kappa shape index (κ1) is 21.3. The first-order valence-corrected chi connectivity index (χ1v) is 11.1. The summed E-state index contributed by atoms with van der Waals surface area (Å²) >= 11 is 0. The molecule has 1 fully saturated rings. The van der Waals surface area contributed by atoms with E-state index in [2.05, 4.69) is 26.9 Å². The molecule has 166 valence electrons. The average molecular weight is 426 g/mol. The van der Waals surface area contributed by atoms with Crippen molar-refractivity contribution in [1.82, 2.24) is 15.0 Å². The zero-order chi connectivity index (χ0) is 22.0. The zero-order valence-electron chi connectivity index (χ0n) is 18.8. The largest absolute Gasteiger partial charge is 0.493 e. The molecular weight excluding hydrogens is 394 g/mol. The molecule has 2 aromatic rings. The third kappa shape index (κ3) is 4.03. The first-order chi connectivity index (χ1) is 15.1. The standard InChI is InChI=1S/C23H31N5O3/c1-5-6-7-17-15(2)26-28(23(17)29)16-8-10-27(11-9-16)22-18-12-20(30-3)21(31-4)13-19(18)24-14-25-22/h12-14,16-17H,5-11H2,1-4H3. The molecule has 0 spiro atoms. The summed E-state index contributed by atoms with van der Waals surface area (Å²) in [7, 11) is 3.25. The van der Waals surface area contributed by atoms with Crippen LogP contribution in [0, 0.1) is 5.92 Å². The van der Waals surface area contributed by atoms with Crippen LogP contribution in [0.5, 0.6) is 11.5 Å². The van der Waals surface area contributed by atoms with Crippen LogP contribution in [-0.2, 0) is 4.79 Å². The summed E-state index contributed by atoms with van der Waals surface area (Å²) in [4.78, 5) is 24.2. The predicted molar refractivity (Wildman–Crippen MR) is 121 cm³/mol. The van der Waals surface area contributed by atoms with Gasteiger partial charge in [0.25, 0.3) is 5.91 Å². The summed E-state index contributed by atoms with van der Waals surface area (Å²) in [6.45, 7) is 5.76. The fourth-order valence-electron chi connectivity index (χ4n) is 4.57. The SMILES string of the molecule is CCCCC1C(=O)N(C2CCN(c3ncnc4cc(OC)c(OC)cc34)CC2)N=C1C. The number of unbranched alkanes of at least 4 members (excludes halogenated alkanes) is 1. The monoisotopic (exact) mass is 425 g/mol. The number of carbonyl (C=O) groups excluding carboxylic acids is 1. The van der Waals surface area contributed by atoms with E-state index >= 15 is 0 Å². The number of ether oxygens (including phenoxy) is 2. The van der Waals surface area contributed by atoms with Crippen molar-refractivity contribution in [3.63, 3.8) is 0 Å². The van der Waals surface area contributed by atoms with Crippen LogP contribution in [0.3, 0.4) is 0 Å². The summed E-state index contributed by atoms with van der Waals surface area (Å²) in [5.74, 6) is 2.33. The number of hydrogen-bond donors (Lipinski definition) is 0. The van der Waals surface area contributed by atoms with E-state index in [1.807, 2.05) is 19.1 Å². The maximum absolute atomic E-state index is 12.9. The summed E-state index contributed by atoms with van der Waals surface area (Å²) in [5, 5.41) is 7.34. The third-order valence-electron chi connectivity index (χ3n) is 6.37. The van der Waals surface area contributed by atoms with Crippen molar-refractivity contribution < 1.29 is 14.3 Å². The predicted octanol–water partition coefficient (Wildman–Crippen LogP) is 3.64. The molecule has 0 saturated carbocycles. The van der Waals surface area contributed by atoms with E-state index in [0.29, 0.717) is 11.5 Å². The van der Waals surface area contributed by atoms with Crippen molar-refractivity contribution in [2.75, 3.05) is 32.2 Å². The lowest BCUT2D eigenvalue weighted by molar-refractivity contribution is -0.134. The Kier molecular flexibility index (Phi) is 6.25. The number of carbonyl (C=O) groups is 1. The number of aromatic nitrogens is 2. The Balaban J connectivity index is 1.49. The smallest absolute Gasteiger partial charge is 0.251 e. The molecule has 0 aliphatic carbocycles. The molecule has 8 heteroatoms. The van der Waals surface area contributed by atoms with Crippen LogP contribution in [0.25, 0.3) is 10.9 Å². The van der Waals surface area contributed by atoms with E-state index in [-0.39, 0.29) is 17.9 Å². The molecule has 0 radical (unpaired) electrons. The average Bonchev–Trinajstić information content (AvgIpc) is 3.09. The van der Waals surface area contributed by atoms with Gasteiger partial charge in [-0.2, -0.15) is 5.10 Å². The fraction of sp³-hybridized carbons (Fsp3) is 0.565. The second kappa shape index (κ2) is 9.08. The lowest BCUT2D eigenvalue weighted by Gasteiger charge is -2.36. The maximum Gasteiger partial charge on any atom is 0.251 e. The van der Waals surface area contributed by atoms with Gasteiger partial charge >= 0.3 is 0 Å². The van der Waals surface area contributed by atoms with Gasteiger partial charge in [-0.1, -0.05) is 19.8 Å². The minimum absolute atomic E-state index is 0.0359. The molecule has 1 unspecified atom stereocenters. The molecule has 1 aromatic heterocycles. The van der Waals surface area contributed by atoms with Gasteiger partial charge in [0.2, 0.25) is 0 Å². The van der Waals surface area contributed by atoms with Crippen molar-refractivity contribution >= 4 is 28.3 Å². The third-order valence-corrected chi connectivity index (χ3v) is 6.37. The van der Waals surface area contributed by atoms with Gasteiger partial charge in [0.15, 0.2) is 11.5 Å². The number of piperidine rings is 1. The second-order valence-electron chi connectivity index (χ2n) is 8.26. The van der Waals surface area contributed by atoms with Crippen LogP contribution in [0.1, 0.15) is 46.0 Å². The Morgan fingerprint density at radius 1 is 1.10 bits per heavy atom. The molecule has 8 nitrogen and oxygen atoms in total. The van der Waals surface area contributed by atoms with Crippen molar-refractivity contribution in [2.24, 2.45) is 11.0 Å². The van der Waals surface area contributed by atoms with Crippen LogP contribution < -0.4 is 14.4 Å². The number of anilines is 1. The summed E-state index contributed by atoms with van der Waals surface area (Å²) < 4.78 is 10.9. The summed E-state index contributed by atoms with van der Waals surface area (Å²) in [6.07, 6.45) is 6.37. The number of amides is 1. The van der Waals surface area contributed by atoms with E-state index in [9.17, 15) is 4.79 Å². The molecule has 0 N–H and O–H groups in total. The number of rotatable bonds is 7. The van der Waals surface area contributed by atoms with Gasteiger partial charge in [-0.05, 0) is 32.3 Å². The molecule has 1 amide bonds. The highest BCUT2D eigenvalue weighted by atomic mass is 16.5. The quantitative estimate of drug-likeness (QED) is 0.674. The Bertz CT molecular complexity index is 985. The zero-order valence-corrected chi connectivity index (χ0v) is 18.8. The molecule has 31 heavy (non-hydrogen) atoms. The number of methoxy groups -OCH3 is 2. The molecule has 2 aliphatic heterocycles. The minimum atomic E-state index is -0.0359. The van der Waals surface area contributed by atoms with Gasteiger partial charge in [0, 0.05) is 30.3 Å². The molecule has 1 atom stereocenters. The summed E-state index contributed by atoms with van der Waals surface area (Å²) in [6, 6.07) is 3.96. The van der Waals surface area contributed by atoms with Gasteiger partial charge in [0.05, 0.1) is 31.7 Å². The number of fused-ring (bicyclic) bond motifs is 1. The number of hydrazone groups is 1. The Morgan fingerprint density at radius 3 is 2.48 bits per heavy atom. The molecular formula is C23H31N5O3. The fourth-order valence-corrected chi connectivity index (χ4v) is 4.57. The van der Waals surface area contributed by atoms with Gasteiger partial charge < -0.3 is 14.4 Å². The number of nitrogens with zero attached hydrogens (tertiary/aromatic N) is 5. The first-order valence-electron chi connectivity index (χ1n) is 11.1. The van der Waals surface area contributed by atoms with Crippen LogP contribution in [0.4, 0.5) is 5.82 Å². The van der Waals surface area contributed by atoms with Crippen LogP contribution in [0.2, 0.25) is 0 Å². The molecule has 4 rings (SSSR count).